The van der Waals surface area contributed by atoms with E-state index in [0.717, 1.165) is 16.6 Å². The first kappa shape index (κ1) is 15.4. The maximum Gasteiger partial charge on any atom is 0.335 e. The number of benzene rings is 1. The Labute approximate surface area is 126 Å². The molecule has 1 heterocycles. The Bertz CT molecular complexity index is 494. The van der Waals surface area contributed by atoms with Crippen LogP contribution in [0.5, 0.6) is 0 Å². The van der Waals surface area contributed by atoms with Gasteiger partial charge in [0.1, 0.15) is 0 Å². The summed E-state index contributed by atoms with van der Waals surface area (Å²) in [5.74, 6) is -0.933. The first-order valence-corrected chi connectivity index (χ1v) is 7.29. The number of ether oxygens (including phenoxy) is 1. The van der Waals surface area contributed by atoms with Crippen molar-refractivity contribution >= 4 is 21.9 Å². The minimum Gasteiger partial charge on any atom is -0.478 e. The lowest BCUT2D eigenvalue weighted by atomic mass is 10.1. The van der Waals surface area contributed by atoms with Gasteiger partial charge in [0.25, 0.3) is 0 Å². The molecule has 0 radical (unpaired) electrons. The summed E-state index contributed by atoms with van der Waals surface area (Å²) >= 11 is 3.42. The number of hydrogen-bond donors (Lipinski definition) is 2. The SMILES string of the molecule is CC1CN(Cc2ccc(C(=O)O)cc2Br)CC(CO)O1. The Balaban J connectivity index is 2.07. The van der Waals surface area contributed by atoms with Crippen molar-refractivity contribution in [1.82, 2.24) is 4.90 Å². The molecule has 0 saturated carbocycles. The molecule has 0 aliphatic carbocycles. The van der Waals surface area contributed by atoms with Crippen molar-refractivity contribution in [3.8, 4) is 0 Å². The Morgan fingerprint density at radius 3 is 2.85 bits per heavy atom. The van der Waals surface area contributed by atoms with Gasteiger partial charge >= 0.3 is 5.97 Å². The molecule has 5 nitrogen and oxygen atoms in total. The van der Waals surface area contributed by atoms with E-state index in [1.165, 1.54) is 0 Å². The topological polar surface area (TPSA) is 70.0 Å². The van der Waals surface area contributed by atoms with Gasteiger partial charge in [0, 0.05) is 24.1 Å². The highest BCUT2D eigenvalue weighted by Crippen LogP contribution is 2.22. The van der Waals surface area contributed by atoms with E-state index in [4.69, 9.17) is 9.84 Å². The normalized spacial score (nSPS) is 23.8. The molecule has 1 aliphatic heterocycles. The summed E-state index contributed by atoms with van der Waals surface area (Å²) in [7, 11) is 0. The van der Waals surface area contributed by atoms with E-state index in [-0.39, 0.29) is 24.4 Å². The highest BCUT2D eigenvalue weighted by atomic mass is 79.9. The Hall–Kier alpha value is -0.950. The zero-order valence-corrected chi connectivity index (χ0v) is 12.8. The number of aromatic carboxylic acids is 1. The number of aliphatic hydroxyl groups excluding tert-OH is 1. The number of nitrogens with zero attached hydrogens (tertiary/aromatic N) is 1. The van der Waals surface area contributed by atoms with Crippen LogP contribution in [0.25, 0.3) is 0 Å². The number of rotatable bonds is 4. The van der Waals surface area contributed by atoms with Crippen molar-refractivity contribution in [3.63, 3.8) is 0 Å². The van der Waals surface area contributed by atoms with E-state index in [1.807, 2.05) is 13.0 Å². The third-order valence-corrected chi connectivity index (χ3v) is 4.04. The number of halogens is 1. The summed E-state index contributed by atoms with van der Waals surface area (Å²) < 4.78 is 6.39. The number of morpholine rings is 1. The van der Waals surface area contributed by atoms with Crippen LogP contribution in [-0.4, -0.2) is 53.0 Å². The van der Waals surface area contributed by atoms with E-state index in [0.29, 0.717) is 13.1 Å². The Morgan fingerprint density at radius 2 is 2.25 bits per heavy atom. The molecule has 110 valence electrons. The van der Waals surface area contributed by atoms with Gasteiger partial charge < -0.3 is 14.9 Å². The van der Waals surface area contributed by atoms with E-state index < -0.39 is 5.97 Å². The Kier molecular flexibility index (Phi) is 5.15. The van der Waals surface area contributed by atoms with Crippen LogP contribution in [0.2, 0.25) is 0 Å². The van der Waals surface area contributed by atoms with Crippen LogP contribution >= 0.6 is 15.9 Å². The van der Waals surface area contributed by atoms with Crippen molar-refractivity contribution in [2.45, 2.75) is 25.7 Å². The van der Waals surface area contributed by atoms with E-state index in [1.54, 1.807) is 12.1 Å². The molecule has 2 atom stereocenters. The summed E-state index contributed by atoms with van der Waals surface area (Å²) in [5, 5.41) is 18.2. The fourth-order valence-electron chi connectivity index (χ4n) is 2.42. The van der Waals surface area contributed by atoms with Crippen LogP contribution in [0.4, 0.5) is 0 Å². The summed E-state index contributed by atoms with van der Waals surface area (Å²) in [5.41, 5.74) is 1.30. The molecular weight excluding hydrogens is 326 g/mol. The van der Waals surface area contributed by atoms with Crippen LogP contribution in [0.1, 0.15) is 22.8 Å². The molecule has 0 bridgehead atoms. The first-order chi connectivity index (χ1) is 9.49. The fraction of sp³-hybridized carbons (Fsp3) is 0.500. The molecule has 20 heavy (non-hydrogen) atoms. The third kappa shape index (κ3) is 3.79. The lowest BCUT2D eigenvalue weighted by Gasteiger charge is -2.36. The second-order valence-electron chi connectivity index (χ2n) is 5.06. The highest BCUT2D eigenvalue weighted by molar-refractivity contribution is 9.10. The maximum atomic E-state index is 10.9. The summed E-state index contributed by atoms with van der Waals surface area (Å²) in [6, 6.07) is 5.04. The van der Waals surface area contributed by atoms with Gasteiger partial charge in [0.15, 0.2) is 0 Å². The zero-order chi connectivity index (χ0) is 14.7. The van der Waals surface area contributed by atoms with Crippen LogP contribution in [0.15, 0.2) is 22.7 Å². The predicted molar refractivity (Wildman–Crippen MR) is 77.8 cm³/mol. The molecule has 2 rings (SSSR count). The van der Waals surface area contributed by atoms with Gasteiger partial charge in [-0.15, -0.1) is 0 Å². The molecule has 1 aromatic carbocycles. The lowest BCUT2D eigenvalue weighted by molar-refractivity contribution is -0.0973. The number of hydrogen-bond acceptors (Lipinski definition) is 4. The van der Waals surface area contributed by atoms with Gasteiger partial charge in [-0.25, -0.2) is 4.79 Å². The molecule has 1 fully saturated rings. The lowest BCUT2D eigenvalue weighted by Crippen LogP contribution is -2.47. The summed E-state index contributed by atoms with van der Waals surface area (Å²) in [6.07, 6.45) is -0.0752. The molecule has 2 unspecified atom stereocenters. The molecule has 0 amide bonds. The van der Waals surface area contributed by atoms with Crippen molar-refractivity contribution < 1.29 is 19.7 Å². The summed E-state index contributed by atoms with van der Waals surface area (Å²) in [6.45, 7) is 4.17. The molecule has 1 saturated heterocycles. The largest absolute Gasteiger partial charge is 0.478 e. The number of aliphatic hydroxyl groups is 1. The van der Waals surface area contributed by atoms with Crippen LogP contribution < -0.4 is 0 Å². The number of carboxylic acid groups (broad SMARTS) is 1. The smallest absolute Gasteiger partial charge is 0.335 e. The predicted octanol–water partition coefficient (Wildman–Crippen LogP) is 1.73. The van der Waals surface area contributed by atoms with Crippen molar-refractivity contribution in [3.05, 3.63) is 33.8 Å². The zero-order valence-electron chi connectivity index (χ0n) is 11.3. The minimum absolute atomic E-state index is 0.0139. The van der Waals surface area contributed by atoms with Crippen LogP contribution in [0, 0.1) is 0 Å². The van der Waals surface area contributed by atoms with Gasteiger partial charge in [-0.2, -0.15) is 0 Å². The molecule has 2 N–H and O–H groups in total. The average Bonchev–Trinajstić information content (AvgIpc) is 2.40. The van der Waals surface area contributed by atoms with Crippen LogP contribution in [-0.2, 0) is 11.3 Å². The fourth-order valence-corrected chi connectivity index (χ4v) is 2.92. The number of carbonyl (C=O) groups is 1. The first-order valence-electron chi connectivity index (χ1n) is 6.50. The van der Waals surface area contributed by atoms with Gasteiger partial charge in [-0.1, -0.05) is 22.0 Å². The quantitative estimate of drug-likeness (QED) is 0.871. The number of carboxylic acids is 1. The molecular formula is C14H18BrNO4. The van der Waals surface area contributed by atoms with Gasteiger partial charge in [0.2, 0.25) is 0 Å². The second kappa shape index (κ2) is 6.67. The molecule has 1 aromatic rings. The third-order valence-electron chi connectivity index (χ3n) is 3.30. The standard InChI is InChI=1S/C14H18BrNO4/c1-9-5-16(7-12(8-17)20-9)6-11-3-2-10(14(18)19)4-13(11)15/h2-4,9,12,17H,5-8H2,1H3,(H,18,19). The van der Waals surface area contributed by atoms with E-state index >= 15 is 0 Å². The van der Waals surface area contributed by atoms with Crippen molar-refractivity contribution in [2.24, 2.45) is 0 Å². The van der Waals surface area contributed by atoms with E-state index in [2.05, 4.69) is 20.8 Å². The van der Waals surface area contributed by atoms with Crippen LogP contribution in [0.3, 0.4) is 0 Å². The monoisotopic (exact) mass is 343 g/mol. The molecule has 0 aromatic heterocycles. The molecule has 1 aliphatic rings. The van der Waals surface area contributed by atoms with Gasteiger partial charge in [-0.05, 0) is 24.6 Å². The molecule has 0 spiro atoms. The van der Waals surface area contributed by atoms with Crippen molar-refractivity contribution in [2.75, 3.05) is 19.7 Å². The average molecular weight is 344 g/mol. The maximum absolute atomic E-state index is 10.9. The highest BCUT2D eigenvalue weighted by Gasteiger charge is 2.25. The molecule has 6 heteroatoms. The van der Waals surface area contributed by atoms with Gasteiger partial charge in [-0.3, -0.25) is 4.90 Å². The summed E-state index contributed by atoms with van der Waals surface area (Å²) in [4.78, 5) is 13.1. The van der Waals surface area contributed by atoms with Gasteiger partial charge in [0.05, 0.1) is 24.4 Å². The minimum atomic E-state index is -0.933. The Morgan fingerprint density at radius 1 is 1.50 bits per heavy atom. The second-order valence-corrected chi connectivity index (χ2v) is 5.91. The van der Waals surface area contributed by atoms with E-state index in [9.17, 15) is 9.90 Å². The van der Waals surface area contributed by atoms with Crippen molar-refractivity contribution in [1.29, 1.82) is 0 Å².